The molecule has 0 spiro atoms. The van der Waals surface area contributed by atoms with Crippen LogP contribution < -0.4 is 0 Å². The van der Waals surface area contributed by atoms with E-state index in [1.807, 2.05) is 0 Å². The third-order valence-electron chi connectivity index (χ3n) is 1.33. The minimum Gasteiger partial charge on any atom is -0.312 e. The van der Waals surface area contributed by atoms with Gasteiger partial charge in [0.2, 0.25) is 6.54 Å². The van der Waals surface area contributed by atoms with E-state index in [1.165, 1.54) is 0 Å². The van der Waals surface area contributed by atoms with E-state index in [0.717, 1.165) is 0 Å². The van der Waals surface area contributed by atoms with Gasteiger partial charge in [0.1, 0.15) is 5.56 Å². The Labute approximate surface area is 70.6 Å². The maximum absolute atomic E-state index is 12.6. The minimum absolute atomic E-state index is 0.756. The van der Waals surface area contributed by atoms with Gasteiger partial charge in [0.05, 0.1) is 0 Å². The summed E-state index contributed by atoms with van der Waals surface area (Å²) in [4.78, 5) is 4.95. The monoisotopic (exact) mass is 190 g/mol. The smallest absolute Gasteiger partial charge is 0.252 e. The topological polar surface area (TPSA) is 17.2 Å². The molecule has 0 fully saturated rings. The van der Waals surface area contributed by atoms with E-state index in [9.17, 15) is 17.6 Å². The molecule has 0 saturated carbocycles. The lowest BCUT2D eigenvalue weighted by Crippen LogP contribution is -2.04. The number of pyridine rings is 1. The SMILES string of the molecule is [C-]#[N+]Cc1c(F)c(F)nc(F)c1F. The Balaban J connectivity index is 3.39. The Morgan fingerprint density at radius 2 is 1.54 bits per heavy atom. The highest BCUT2D eigenvalue weighted by Crippen LogP contribution is 2.17. The van der Waals surface area contributed by atoms with Crippen LogP contribution in [0.4, 0.5) is 17.6 Å². The van der Waals surface area contributed by atoms with Gasteiger partial charge >= 0.3 is 0 Å². The lowest BCUT2D eigenvalue weighted by atomic mass is 10.2. The maximum Gasteiger partial charge on any atom is 0.252 e. The number of halogens is 4. The molecule has 1 aromatic rings. The van der Waals surface area contributed by atoms with Crippen molar-refractivity contribution in [3.8, 4) is 0 Å². The van der Waals surface area contributed by atoms with Gasteiger partial charge in [-0.1, -0.05) is 0 Å². The van der Waals surface area contributed by atoms with E-state index in [-0.39, 0.29) is 0 Å². The third-order valence-corrected chi connectivity index (χ3v) is 1.33. The van der Waals surface area contributed by atoms with Crippen LogP contribution >= 0.6 is 0 Å². The predicted octanol–water partition coefficient (Wildman–Crippen LogP) is 2.06. The summed E-state index contributed by atoms with van der Waals surface area (Å²) in [5, 5.41) is 0. The maximum atomic E-state index is 12.6. The van der Waals surface area contributed by atoms with Gasteiger partial charge in [-0.2, -0.15) is 13.8 Å². The van der Waals surface area contributed by atoms with Gasteiger partial charge in [0.25, 0.3) is 11.9 Å². The summed E-state index contributed by atoms with van der Waals surface area (Å²) >= 11 is 0. The molecular formula is C7H2F4N2. The second-order valence-electron chi connectivity index (χ2n) is 2.12. The van der Waals surface area contributed by atoms with Crippen LogP contribution in [0.25, 0.3) is 4.85 Å². The summed E-state index contributed by atoms with van der Waals surface area (Å²) in [6.45, 7) is 5.54. The van der Waals surface area contributed by atoms with E-state index in [0.29, 0.717) is 0 Å². The number of rotatable bonds is 1. The Hall–Kier alpha value is -1.64. The molecule has 0 aliphatic heterocycles. The second kappa shape index (κ2) is 3.39. The van der Waals surface area contributed by atoms with Crippen LogP contribution in [-0.4, -0.2) is 4.98 Å². The van der Waals surface area contributed by atoms with Crippen molar-refractivity contribution in [2.75, 3.05) is 0 Å². The van der Waals surface area contributed by atoms with E-state index in [2.05, 4.69) is 9.83 Å². The first-order chi connectivity index (χ1) is 6.07. The molecule has 0 aliphatic carbocycles. The zero-order valence-electron chi connectivity index (χ0n) is 6.11. The fourth-order valence-corrected chi connectivity index (χ4v) is 0.748. The first-order valence-electron chi connectivity index (χ1n) is 3.10. The van der Waals surface area contributed by atoms with Crippen LogP contribution in [0.2, 0.25) is 0 Å². The molecule has 13 heavy (non-hydrogen) atoms. The second-order valence-corrected chi connectivity index (χ2v) is 2.12. The fraction of sp³-hybridized carbons (Fsp3) is 0.143. The van der Waals surface area contributed by atoms with E-state index < -0.39 is 35.6 Å². The molecule has 1 aromatic heterocycles. The van der Waals surface area contributed by atoms with Crippen LogP contribution in [0.5, 0.6) is 0 Å². The number of nitrogens with zero attached hydrogens (tertiary/aromatic N) is 2. The molecule has 0 unspecified atom stereocenters. The molecule has 0 bridgehead atoms. The lowest BCUT2D eigenvalue weighted by Gasteiger charge is -1.99. The van der Waals surface area contributed by atoms with Gasteiger partial charge in [-0.05, 0) is 0 Å². The minimum atomic E-state index is -1.74. The highest BCUT2D eigenvalue weighted by molar-refractivity contribution is 5.18. The van der Waals surface area contributed by atoms with Gasteiger partial charge in [0, 0.05) is 0 Å². The Morgan fingerprint density at radius 3 is 1.92 bits per heavy atom. The molecule has 6 heteroatoms. The number of hydrogen-bond acceptors (Lipinski definition) is 1. The Morgan fingerprint density at radius 1 is 1.08 bits per heavy atom. The van der Waals surface area contributed by atoms with Crippen LogP contribution in [-0.2, 0) is 6.54 Å². The lowest BCUT2D eigenvalue weighted by molar-refractivity contribution is 0.397. The standard InChI is InChI=1S/C7H2F4N2/c1-12-2-3-4(8)6(10)13-7(11)5(3)9/h2H2. The van der Waals surface area contributed by atoms with Gasteiger partial charge in [-0.3, -0.25) is 0 Å². The fourth-order valence-electron chi connectivity index (χ4n) is 0.748. The van der Waals surface area contributed by atoms with Crippen molar-refractivity contribution < 1.29 is 17.6 Å². The average Bonchev–Trinajstić information content (AvgIpc) is 2.09. The van der Waals surface area contributed by atoms with Crippen LogP contribution in [0, 0.1) is 30.1 Å². The summed E-state index contributed by atoms with van der Waals surface area (Å²) in [6, 6.07) is 0. The molecule has 2 nitrogen and oxygen atoms in total. The summed E-state index contributed by atoms with van der Waals surface area (Å²) in [7, 11) is 0. The van der Waals surface area contributed by atoms with Crippen molar-refractivity contribution in [1.82, 2.24) is 4.98 Å². The zero-order chi connectivity index (χ0) is 10.0. The molecule has 0 aromatic carbocycles. The van der Waals surface area contributed by atoms with Crippen molar-refractivity contribution in [3.63, 3.8) is 0 Å². The van der Waals surface area contributed by atoms with Crippen LogP contribution in [0.15, 0.2) is 0 Å². The molecule has 1 rings (SSSR count). The normalized spacial score (nSPS) is 9.77. The zero-order valence-corrected chi connectivity index (χ0v) is 6.11. The molecule has 1 heterocycles. The summed E-state index contributed by atoms with van der Waals surface area (Å²) in [5.74, 6) is -6.71. The molecular weight excluding hydrogens is 188 g/mol. The summed E-state index contributed by atoms with van der Waals surface area (Å²) < 4.78 is 50.0. The van der Waals surface area contributed by atoms with E-state index >= 15 is 0 Å². The van der Waals surface area contributed by atoms with Gasteiger partial charge in [-0.25, -0.2) is 15.4 Å². The first kappa shape index (κ1) is 9.45. The largest absolute Gasteiger partial charge is 0.312 e. The van der Waals surface area contributed by atoms with Gasteiger partial charge in [0.15, 0.2) is 11.6 Å². The van der Waals surface area contributed by atoms with Crippen molar-refractivity contribution in [2.45, 2.75) is 6.54 Å². The predicted molar refractivity (Wildman–Crippen MR) is 34.4 cm³/mol. The molecule has 0 aliphatic rings. The Bertz CT molecular complexity index is 357. The summed E-state index contributed by atoms with van der Waals surface area (Å²) in [6.07, 6.45) is 0. The molecule has 0 amide bonds. The summed E-state index contributed by atoms with van der Waals surface area (Å²) in [5.41, 5.74) is -0.931. The van der Waals surface area contributed by atoms with Gasteiger partial charge in [-0.15, -0.1) is 0 Å². The van der Waals surface area contributed by atoms with Crippen LogP contribution in [0.3, 0.4) is 0 Å². The molecule has 0 saturated heterocycles. The number of aromatic nitrogens is 1. The van der Waals surface area contributed by atoms with Crippen molar-refractivity contribution >= 4 is 0 Å². The van der Waals surface area contributed by atoms with Crippen molar-refractivity contribution in [2.24, 2.45) is 0 Å². The first-order valence-corrected chi connectivity index (χ1v) is 3.10. The highest BCUT2D eigenvalue weighted by atomic mass is 19.2. The van der Waals surface area contributed by atoms with E-state index in [1.54, 1.807) is 0 Å². The molecule has 0 N–H and O–H groups in total. The van der Waals surface area contributed by atoms with E-state index in [4.69, 9.17) is 6.57 Å². The highest BCUT2D eigenvalue weighted by Gasteiger charge is 2.21. The number of hydrogen-bond donors (Lipinski definition) is 0. The molecule has 0 radical (unpaired) electrons. The molecule has 0 atom stereocenters. The van der Waals surface area contributed by atoms with Crippen LogP contribution in [0.1, 0.15) is 5.56 Å². The van der Waals surface area contributed by atoms with Crippen molar-refractivity contribution in [1.29, 1.82) is 0 Å². The average molecular weight is 190 g/mol. The van der Waals surface area contributed by atoms with Gasteiger partial charge < -0.3 is 4.85 Å². The quantitative estimate of drug-likeness (QED) is 0.376. The van der Waals surface area contributed by atoms with Crippen molar-refractivity contribution in [3.05, 3.63) is 40.5 Å². The molecule has 68 valence electrons. The third kappa shape index (κ3) is 1.59. The Kier molecular flexibility index (Phi) is 2.46.